The van der Waals surface area contributed by atoms with Crippen molar-refractivity contribution < 1.29 is 49.7 Å². The molecule has 0 saturated carbocycles. The minimum atomic E-state index is -4.41. The number of aryl methyl sites for hydroxylation is 2. The minimum absolute atomic E-state index is 0.00440. The number of rotatable bonds is 26. The molecular formula is C39H65NO7S2Ti. The SMILES string of the molecule is CC(C)Nc1ccc(S(=O)(=O)[O-])cc1.CCCCCCCCCCCCc1ccc(S(=O)(=O)[O-])c(CCCCCCCCCCCC)c1.[O]=[Ti+2]. The van der Waals surface area contributed by atoms with Gasteiger partial charge in [0.05, 0.1) is 9.79 Å². The summed E-state index contributed by atoms with van der Waals surface area (Å²) in [6.45, 7) is 8.45. The van der Waals surface area contributed by atoms with E-state index in [0.717, 1.165) is 57.3 Å². The maximum absolute atomic E-state index is 11.7. The van der Waals surface area contributed by atoms with Gasteiger partial charge in [-0.2, -0.15) is 0 Å². The van der Waals surface area contributed by atoms with Crippen LogP contribution in [-0.4, -0.2) is 32.0 Å². The Morgan fingerprint density at radius 3 is 1.34 bits per heavy atom. The predicted octanol–water partition coefficient (Wildman–Crippen LogP) is 10.8. The monoisotopic (exact) mass is 771 g/mol. The van der Waals surface area contributed by atoms with Crippen molar-refractivity contribution in [1.82, 2.24) is 0 Å². The fraction of sp³-hybridized carbons (Fsp3) is 0.692. The third-order valence-electron chi connectivity index (χ3n) is 8.61. The molecule has 2 aromatic carbocycles. The molecule has 0 saturated heterocycles. The van der Waals surface area contributed by atoms with E-state index in [4.69, 9.17) is 3.32 Å². The van der Waals surface area contributed by atoms with Crippen molar-refractivity contribution in [2.24, 2.45) is 0 Å². The van der Waals surface area contributed by atoms with Crippen LogP contribution in [0.3, 0.4) is 0 Å². The molecule has 0 aliphatic heterocycles. The Balaban J connectivity index is 0.00000124. The number of nitrogens with one attached hydrogen (secondary N) is 1. The molecule has 50 heavy (non-hydrogen) atoms. The second kappa shape index (κ2) is 30.1. The van der Waals surface area contributed by atoms with Gasteiger partial charge in [-0.1, -0.05) is 142 Å². The van der Waals surface area contributed by atoms with Gasteiger partial charge in [0.25, 0.3) is 0 Å². The second-order valence-corrected chi connectivity index (χ2v) is 16.3. The van der Waals surface area contributed by atoms with Gasteiger partial charge in [-0.05, 0) is 81.0 Å². The molecule has 0 fully saturated rings. The molecule has 0 aliphatic carbocycles. The van der Waals surface area contributed by atoms with E-state index in [9.17, 15) is 25.9 Å². The van der Waals surface area contributed by atoms with E-state index < -0.39 is 20.2 Å². The molecule has 0 aromatic heterocycles. The summed E-state index contributed by atoms with van der Waals surface area (Å²) >= 11 is 0.750. The summed E-state index contributed by atoms with van der Waals surface area (Å²) in [5, 5.41) is 3.09. The molecule has 0 unspecified atom stereocenters. The van der Waals surface area contributed by atoms with Gasteiger partial charge in [0.2, 0.25) is 0 Å². The Bertz CT molecular complexity index is 1330. The van der Waals surface area contributed by atoms with Gasteiger partial charge in [-0.25, -0.2) is 16.8 Å². The second-order valence-electron chi connectivity index (χ2n) is 13.5. The average Bonchev–Trinajstić information content (AvgIpc) is 3.07. The molecule has 8 nitrogen and oxygen atoms in total. The fourth-order valence-electron chi connectivity index (χ4n) is 5.90. The molecule has 0 radical (unpaired) electrons. The van der Waals surface area contributed by atoms with E-state index in [2.05, 4.69) is 19.2 Å². The molecule has 0 heterocycles. The van der Waals surface area contributed by atoms with Crippen LogP contribution in [0.2, 0.25) is 0 Å². The molecule has 0 spiro atoms. The standard InChI is InChI=1S/C30H54O3S.C9H13NO3S.O.Ti/c1-3-5-7-9-11-13-15-17-19-21-23-28-25-26-30(34(31,32)33)29(27-28)24-22-20-18-16-14-12-10-8-6-4-2;1-7(2)10-8-3-5-9(6-4-8)14(11,12)13;;/h25-27H,3-24H2,1-2H3,(H,31,32,33);3-7,10H,1-2H3,(H,11,12,13);;/q;;;+2/p-2. The zero-order valence-corrected chi connectivity index (χ0v) is 34.5. The zero-order chi connectivity index (χ0) is 37.7. The van der Waals surface area contributed by atoms with Gasteiger partial charge in [0.1, 0.15) is 20.2 Å². The molecule has 0 atom stereocenters. The maximum atomic E-state index is 11.7. The van der Waals surface area contributed by atoms with Crippen molar-refractivity contribution >= 4 is 25.9 Å². The molecule has 0 aliphatic rings. The Labute approximate surface area is 317 Å². The van der Waals surface area contributed by atoms with Crippen molar-refractivity contribution in [2.75, 3.05) is 5.32 Å². The Morgan fingerprint density at radius 2 is 0.960 bits per heavy atom. The fourth-order valence-corrected chi connectivity index (χ4v) is 7.08. The summed E-state index contributed by atoms with van der Waals surface area (Å²) in [6, 6.07) is 11.4. The van der Waals surface area contributed by atoms with Crippen LogP contribution in [0.4, 0.5) is 5.69 Å². The summed E-state index contributed by atoms with van der Waals surface area (Å²) in [6.07, 6.45) is 27.3. The molecule has 0 amide bonds. The van der Waals surface area contributed by atoms with E-state index in [0.29, 0.717) is 6.42 Å². The summed E-state index contributed by atoms with van der Waals surface area (Å²) in [7, 11) is -8.73. The Morgan fingerprint density at radius 1 is 0.560 bits per heavy atom. The van der Waals surface area contributed by atoms with Crippen LogP contribution in [0.1, 0.15) is 167 Å². The molecular weight excluding hydrogens is 706 g/mol. The van der Waals surface area contributed by atoms with Crippen molar-refractivity contribution in [1.29, 1.82) is 0 Å². The van der Waals surface area contributed by atoms with E-state index in [1.807, 2.05) is 26.0 Å². The normalized spacial score (nSPS) is 11.5. The topological polar surface area (TPSA) is 144 Å². The summed E-state index contributed by atoms with van der Waals surface area (Å²) in [5.74, 6) is 0. The third-order valence-corrected chi connectivity index (χ3v) is 10.4. The number of hydrogen-bond acceptors (Lipinski definition) is 8. The van der Waals surface area contributed by atoms with E-state index in [1.54, 1.807) is 18.2 Å². The van der Waals surface area contributed by atoms with Gasteiger partial charge >= 0.3 is 23.7 Å². The van der Waals surface area contributed by atoms with Crippen LogP contribution in [0.15, 0.2) is 52.3 Å². The van der Waals surface area contributed by atoms with Crippen LogP contribution in [0.5, 0.6) is 0 Å². The van der Waals surface area contributed by atoms with Crippen molar-refractivity contribution in [3.8, 4) is 0 Å². The van der Waals surface area contributed by atoms with Gasteiger partial charge in [0, 0.05) is 11.7 Å². The average molecular weight is 772 g/mol. The van der Waals surface area contributed by atoms with Crippen molar-refractivity contribution in [3.05, 3.63) is 53.6 Å². The molecule has 11 heteroatoms. The van der Waals surface area contributed by atoms with Crippen molar-refractivity contribution in [2.45, 2.75) is 185 Å². The molecule has 0 bridgehead atoms. The number of hydrogen-bond donors (Lipinski definition) is 1. The van der Waals surface area contributed by atoms with E-state index in [-0.39, 0.29) is 15.8 Å². The Kier molecular flexibility index (Phi) is 29.2. The van der Waals surface area contributed by atoms with Crippen LogP contribution in [0.25, 0.3) is 0 Å². The van der Waals surface area contributed by atoms with Gasteiger partial charge in [0.15, 0.2) is 0 Å². The van der Waals surface area contributed by atoms with E-state index in [1.165, 1.54) is 127 Å². The molecule has 2 rings (SSSR count). The number of unbranched alkanes of at least 4 members (excludes halogenated alkanes) is 18. The number of anilines is 1. The van der Waals surface area contributed by atoms with Crippen LogP contribution in [-0.2, 0) is 56.8 Å². The third kappa shape index (κ3) is 25.5. The van der Waals surface area contributed by atoms with E-state index >= 15 is 0 Å². The van der Waals surface area contributed by atoms with Gasteiger partial charge in [-0.3, -0.25) is 0 Å². The van der Waals surface area contributed by atoms with Crippen molar-refractivity contribution in [3.63, 3.8) is 0 Å². The Hall–Kier alpha value is -1.43. The van der Waals surface area contributed by atoms with Gasteiger partial charge in [-0.15, -0.1) is 0 Å². The molecule has 1 N–H and O–H groups in total. The molecule has 2 aromatic rings. The first-order chi connectivity index (χ1) is 23.9. The quantitative estimate of drug-likeness (QED) is 0.0565. The zero-order valence-electron chi connectivity index (χ0n) is 31.3. The first-order valence-corrected chi connectivity index (χ1v) is 22.4. The first-order valence-electron chi connectivity index (χ1n) is 19.0. The van der Waals surface area contributed by atoms with Gasteiger partial charge < -0.3 is 14.4 Å². The summed E-state index contributed by atoms with van der Waals surface area (Å²) in [5.41, 5.74) is 2.71. The first kappa shape index (κ1) is 48.6. The summed E-state index contributed by atoms with van der Waals surface area (Å²) < 4.78 is 75.2. The van der Waals surface area contributed by atoms with Crippen LogP contribution >= 0.6 is 0 Å². The van der Waals surface area contributed by atoms with Crippen LogP contribution < -0.4 is 5.32 Å². The van der Waals surface area contributed by atoms with Crippen LogP contribution in [0, 0.1) is 0 Å². The summed E-state index contributed by atoms with van der Waals surface area (Å²) in [4.78, 5) is -0.206. The predicted molar refractivity (Wildman–Crippen MR) is 199 cm³/mol. The molecule has 284 valence electrons. The number of benzene rings is 2.